The van der Waals surface area contributed by atoms with Gasteiger partial charge in [0.05, 0.1) is 0 Å². The Bertz CT molecular complexity index is 423. The van der Waals surface area contributed by atoms with Crippen LogP contribution in [0.4, 0.5) is 0 Å². The van der Waals surface area contributed by atoms with Crippen molar-refractivity contribution in [2.75, 3.05) is 0 Å². The molecular weight excluding hydrogens is 264 g/mol. The Morgan fingerprint density at radius 3 is 2.58 bits per heavy atom. The molecule has 1 aliphatic carbocycles. The van der Waals surface area contributed by atoms with E-state index in [9.17, 15) is 4.79 Å². The number of nitrogens with two attached hydrogens (primary N) is 1. The Morgan fingerprint density at radius 1 is 1.42 bits per heavy atom. The van der Waals surface area contributed by atoms with E-state index in [1.165, 1.54) is 0 Å². The van der Waals surface area contributed by atoms with E-state index in [2.05, 4.69) is 5.32 Å². The molecule has 1 fully saturated rings. The number of hydrogen-bond donors (Lipinski definition) is 2. The summed E-state index contributed by atoms with van der Waals surface area (Å²) in [5.41, 5.74) is 6.90. The summed E-state index contributed by atoms with van der Waals surface area (Å²) in [7, 11) is 0. The molecule has 1 amide bonds. The van der Waals surface area contributed by atoms with E-state index < -0.39 is 0 Å². The van der Waals surface area contributed by atoms with Crippen LogP contribution in [0.2, 0.25) is 0 Å². The van der Waals surface area contributed by atoms with Gasteiger partial charge in [0, 0.05) is 18.5 Å². The molecule has 0 bridgehead atoms. The van der Waals surface area contributed by atoms with Gasteiger partial charge in [-0.3, -0.25) is 4.79 Å². The third kappa shape index (κ3) is 3.98. The van der Waals surface area contributed by atoms with Gasteiger partial charge in [0.1, 0.15) is 5.76 Å². The van der Waals surface area contributed by atoms with E-state index in [0.29, 0.717) is 11.8 Å². The van der Waals surface area contributed by atoms with Gasteiger partial charge >= 0.3 is 0 Å². The van der Waals surface area contributed by atoms with Crippen LogP contribution in [0.25, 0.3) is 0 Å². The molecule has 1 saturated carbocycles. The summed E-state index contributed by atoms with van der Waals surface area (Å²) in [5.74, 6) is 1.23. The molecule has 5 heteroatoms. The first-order valence-corrected chi connectivity index (χ1v) is 6.76. The Morgan fingerprint density at radius 2 is 2.05 bits per heavy atom. The van der Waals surface area contributed by atoms with Crippen LogP contribution in [0.5, 0.6) is 0 Å². The Labute approximate surface area is 120 Å². The summed E-state index contributed by atoms with van der Waals surface area (Å²) in [5, 5.41) is 3.03. The van der Waals surface area contributed by atoms with Crippen molar-refractivity contribution in [2.24, 2.45) is 5.73 Å². The third-order valence-electron chi connectivity index (χ3n) is 3.67. The van der Waals surface area contributed by atoms with Crippen LogP contribution >= 0.6 is 12.4 Å². The lowest BCUT2D eigenvalue weighted by Crippen LogP contribution is -2.40. The highest BCUT2D eigenvalue weighted by molar-refractivity contribution is 5.92. The fourth-order valence-electron chi connectivity index (χ4n) is 2.50. The highest BCUT2D eigenvalue weighted by Crippen LogP contribution is 2.19. The molecule has 1 heterocycles. The van der Waals surface area contributed by atoms with Crippen molar-refractivity contribution in [3.63, 3.8) is 0 Å². The Balaban J connectivity index is 0.00000180. The molecule has 108 valence electrons. The quantitative estimate of drug-likeness (QED) is 0.897. The van der Waals surface area contributed by atoms with Gasteiger partial charge in [-0.15, -0.1) is 12.4 Å². The summed E-state index contributed by atoms with van der Waals surface area (Å²) in [6.45, 7) is 3.99. The lowest BCUT2D eigenvalue weighted by Gasteiger charge is -2.26. The smallest absolute Gasteiger partial charge is 0.287 e. The molecule has 0 radical (unpaired) electrons. The lowest BCUT2D eigenvalue weighted by atomic mass is 9.92. The van der Waals surface area contributed by atoms with Crippen molar-refractivity contribution in [3.8, 4) is 0 Å². The first-order chi connectivity index (χ1) is 8.60. The summed E-state index contributed by atoms with van der Waals surface area (Å²) in [6, 6.07) is 2.37. The molecule has 1 aromatic rings. The van der Waals surface area contributed by atoms with Crippen LogP contribution in [-0.4, -0.2) is 18.0 Å². The molecule has 0 unspecified atom stereocenters. The van der Waals surface area contributed by atoms with Gasteiger partial charge in [-0.1, -0.05) is 6.92 Å². The number of halogens is 1. The molecule has 2 rings (SSSR count). The SMILES string of the molecule is CCc1oc(C(=O)NC2CCC(N)CC2)cc1C.Cl. The largest absolute Gasteiger partial charge is 0.456 e. The van der Waals surface area contributed by atoms with Gasteiger partial charge in [0.25, 0.3) is 5.91 Å². The second kappa shape index (κ2) is 6.96. The topological polar surface area (TPSA) is 68.3 Å². The normalized spacial score (nSPS) is 22.7. The average Bonchev–Trinajstić information content (AvgIpc) is 2.73. The molecule has 3 N–H and O–H groups in total. The number of rotatable bonds is 3. The maximum atomic E-state index is 12.0. The van der Waals surface area contributed by atoms with Crippen LogP contribution in [0.3, 0.4) is 0 Å². The molecule has 0 spiro atoms. The molecule has 0 aliphatic heterocycles. The Kier molecular flexibility index (Phi) is 5.88. The third-order valence-corrected chi connectivity index (χ3v) is 3.67. The van der Waals surface area contributed by atoms with E-state index in [1.807, 2.05) is 19.9 Å². The zero-order chi connectivity index (χ0) is 13.1. The lowest BCUT2D eigenvalue weighted by molar-refractivity contribution is 0.0896. The van der Waals surface area contributed by atoms with Gasteiger partial charge in [-0.05, 0) is 44.2 Å². The molecule has 0 atom stereocenters. The molecule has 1 aromatic heterocycles. The number of carbonyl (C=O) groups excluding carboxylic acids is 1. The van der Waals surface area contributed by atoms with Crippen molar-refractivity contribution in [2.45, 2.75) is 58.0 Å². The minimum absolute atomic E-state index is 0. The van der Waals surface area contributed by atoms with Crippen molar-refractivity contribution >= 4 is 18.3 Å². The van der Waals surface area contributed by atoms with Gasteiger partial charge in [-0.2, -0.15) is 0 Å². The highest BCUT2D eigenvalue weighted by atomic mass is 35.5. The fraction of sp³-hybridized carbons (Fsp3) is 0.643. The predicted molar refractivity (Wildman–Crippen MR) is 77.8 cm³/mol. The second-order valence-electron chi connectivity index (χ2n) is 5.16. The van der Waals surface area contributed by atoms with Crippen LogP contribution < -0.4 is 11.1 Å². The van der Waals surface area contributed by atoms with Gasteiger partial charge in [0.2, 0.25) is 0 Å². The molecule has 4 nitrogen and oxygen atoms in total. The van der Waals surface area contributed by atoms with Crippen molar-refractivity contribution in [1.29, 1.82) is 0 Å². The maximum Gasteiger partial charge on any atom is 0.287 e. The average molecular weight is 287 g/mol. The maximum absolute atomic E-state index is 12.0. The van der Waals surface area contributed by atoms with Crippen LogP contribution in [0, 0.1) is 6.92 Å². The standard InChI is InChI=1S/C14H22N2O2.ClH/c1-3-12-9(2)8-13(18-12)14(17)16-11-6-4-10(15)5-7-11;/h8,10-11H,3-7,15H2,1-2H3,(H,16,17);1H. The summed E-state index contributed by atoms with van der Waals surface area (Å²) in [6.07, 6.45) is 4.72. The number of carbonyl (C=O) groups is 1. The fourth-order valence-corrected chi connectivity index (χ4v) is 2.50. The number of furan rings is 1. The molecule has 1 aliphatic rings. The number of aryl methyl sites for hydroxylation is 2. The summed E-state index contributed by atoms with van der Waals surface area (Å²) in [4.78, 5) is 12.0. The van der Waals surface area contributed by atoms with Crippen molar-refractivity contribution < 1.29 is 9.21 Å². The van der Waals surface area contributed by atoms with E-state index in [0.717, 1.165) is 43.4 Å². The highest BCUT2D eigenvalue weighted by Gasteiger charge is 2.22. The molecule has 0 aromatic carbocycles. The van der Waals surface area contributed by atoms with E-state index in [1.54, 1.807) is 0 Å². The van der Waals surface area contributed by atoms with Crippen molar-refractivity contribution in [1.82, 2.24) is 5.32 Å². The Hall–Kier alpha value is -1.00. The summed E-state index contributed by atoms with van der Waals surface area (Å²) < 4.78 is 5.55. The van der Waals surface area contributed by atoms with E-state index in [-0.39, 0.29) is 24.4 Å². The van der Waals surface area contributed by atoms with E-state index >= 15 is 0 Å². The van der Waals surface area contributed by atoms with Crippen molar-refractivity contribution in [3.05, 3.63) is 23.2 Å². The van der Waals surface area contributed by atoms with Gasteiger partial charge in [-0.25, -0.2) is 0 Å². The first-order valence-electron chi connectivity index (χ1n) is 6.76. The van der Waals surface area contributed by atoms with Crippen LogP contribution in [0.1, 0.15) is 54.5 Å². The minimum atomic E-state index is -0.0988. The van der Waals surface area contributed by atoms with Crippen LogP contribution in [0.15, 0.2) is 10.5 Å². The van der Waals surface area contributed by atoms with Gasteiger partial charge < -0.3 is 15.5 Å². The summed E-state index contributed by atoms with van der Waals surface area (Å²) >= 11 is 0. The number of amides is 1. The molecular formula is C14H23ClN2O2. The predicted octanol–water partition coefficient (Wildman–Crippen LogP) is 2.57. The zero-order valence-corrected chi connectivity index (χ0v) is 12.4. The zero-order valence-electron chi connectivity index (χ0n) is 11.6. The molecule has 19 heavy (non-hydrogen) atoms. The van der Waals surface area contributed by atoms with Crippen LogP contribution in [-0.2, 0) is 6.42 Å². The minimum Gasteiger partial charge on any atom is -0.456 e. The second-order valence-corrected chi connectivity index (χ2v) is 5.16. The monoisotopic (exact) mass is 286 g/mol. The van der Waals surface area contributed by atoms with Gasteiger partial charge in [0.15, 0.2) is 5.76 Å². The van der Waals surface area contributed by atoms with E-state index in [4.69, 9.17) is 10.2 Å². The molecule has 0 saturated heterocycles. The number of nitrogens with one attached hydrogen (secondary N) is 1. The number of hydrogen-bond acceptors (Lipinski definition) is 3. The first kappa shape index (κ1) is 16.1.